The maximum Gasteiger partial charge on any atom is 0.339 e. The standard InChI is InChI=1S/C16H17NO3S/c1-21-13-8-6-12(7-9-13)17-10-11-20-15-5-3-2-4-14(15)16(18)19/h2-9,17H,10-11H2,1H3,(H,18,19). The number of ether oxygens (including phenoxy) is 1. The Bertz CT molecular complexity index is 599. The Kier molecular flexibility index (Phi) is 5.51. The third kappa shape index (κ3) is 4.43. The molecule has 0 radical (unpaired) electrons. The summed E-state index contributed by atoms with van der Waals surface area (Å²) in [5.41, 5.74) is 1.20. The van der Waals surface area contributed by atoms with Crippen molar-refractivity contribution in [2.24, 2.45) is 0 Å². The van der Waals surface area contributed by atoms with Crippen molar-refractivity contribution in [2.75, 3.05) is 24.7 Å². The maximum absolute atomic E-state index is 11.0. The highest BCUT2D eigenvalue weighted by Crippen LogP contribution is 2.18. The Balaban J connectivity index is 1.83. The molecule has 0 aromatic heterocycles. The first-order valence-electron chi connectivity index (χ1n) is 6.54. The van der Waals surface area contributed by atoms with E-state index in [1.807, 2.05) is 30.5 Å². The van der Waals surface area contributed by atoms with E-state index in [9.17, 15) is 4.79 Å². The number of hydrogen-bond acceptors (Lipinski definition) is 4. The Morgan fingerprint density at radius 3 is 2.57 bits per heavy atom. The molecule has 0 spiro atoms. The van der Waals surface area contributed by atoms with Crippen LogP contribution in [0, 0.1) is 0 Å². The minimum Gasteiger partial charge on any atom is -0.491 e. The molecule has 0 aliphatic rings. The number of carboxylic acid groups (broad SMARTS) is 1. The van der Waals surface area contributed by atoms with E-state index < -0.39 is 5.97 Å². The number of para-hydroxylation sites is 1. The van der Waals surface area contributed by atoms with E-state index in [1.54, 1.807) is 30.0 Å². The third-order valence-corrected chi connectivity index (χ3v) is 3.64. The molecule has 0 bridgehead atoms. The molecule has 0 unspecified atom stereocenters. The van der Waals surface area contributed by atoms with Crippen molar-refractivity contribution >= 4 is 23.4 Å². The van der Waals surface area contributed by atoms with Gasteiger partial charge in [-0.2, -0.15) is 0 Å². The molecule has 0 saturated heterocycles. The molecule has 0 saturated carbocycles. The van der Waals surface area contributed by atoms with Crippen LogP contribution in [0.25, 0.3) is 0 Å². The normalized spacial score (nSPS) is 10.1. The number of anilines is 1. The number of hydrogen-bond donors (Lipinski definition) is 2. The fourth-order valence-corrected chi connectivity index (χ4v) is 2.24. The first-order valence-corrected chi connectivity index (χ1v) is 7.76. The molecule has 2 N–H and O–H groups in total. The fourth-order valence-electron chi connectivity index (χ4n) is 1.83. The zero-order valence-electron chi connectivity index (χ0n) is 11.7. The van der Waals surface area contributed by atoms with Gasteiger partial charge in [0.15, 0.2) is 0 Å². The summed E-state index contributed by atoms with van der Waals surface area (Å²) in [6, 6.07) is 14.8. The summed E-state index contributed by atoms with van der Waals surface area (Å²) in [4.78, 5) is 12.3. The van der Waals surface area contributed by atoms with Crippen molar-refractivity contribution in [3.05, 3.63) is 54.1 Å². The molecule has 0 aliphatic carbocycles. The van der Waals surface area contributed by atoms with Gasteiger partial charge in [-0.15, -0.1) is 11.8 Å². The number of aromatic carboxylic acids is 1. The zero-order valence-corrected chi connectivity index (χ0v) is 12.5. The Morgan fingerprint density at radius 1 is 1.19 bits per heavy atom. The van der Waals surface area contributed by atoms with Crippen LogP contribution in [0.15, 0.2) is 53.4 Å². The second-order valence-electron chi connectivity index (χ2n) is 4.31. The quantitative estimate of drug-likeness (QED) is 0.604. The molecule has 21 heavy (non-hydrogen) atoms. The number of rotatable bonds is 7. The smallest absolute Gasteiger partial charge is 0.339 e. The van der Waals surface area contributed by atoms with Gasteiger partial charge in [0.2, 0.25) is 0 Å². The van der Waals surface area contributed by atoms with Gasteiger partial charge >= 0.3 is 5.97 Å². The van der Waals surface area contributed by atoms with Gasteiger partial charge in [0.1, 0.15) is 17.9 Å². The SMILES string of the molecule is CSc1ccc(NCCOc2ccccc2C(=O)O)cc1. The summed E-state index contributed by atoms with van der Waals surface area (Å²) < 4.78 is 5.52. The van der Waals surface area contributed by atoms with Gasteiger partial charge in [0.05, 0.1) is 0 Å². The van der Waals surface area contributed by atoms with Crippen molar-refractivity contribution in [3.63, 3.8) is 0 Å². The summed E-state index contributed by atoms with van der Waals surface area (Å²) in [7, 11) is 0. The van der Waals surface area contributed by atoms with Crippen LogP contribution in [-0.4, -0.2) is 30.5 Å². The van der Waals surface area contributed by atoms with Crippen LogP contribution < -0.4 is 10.1 Å². The average molecular weight is 303 g/mol. The minimum absolute atomic E-state index is 0.182. The third-order valence-electron chi connectivity index (χ3n) is 2.90. The summed E-state index contributed by atoms with van der Waals surface area (Å²) >= 11 is 1.70. The van der Waals surface area contributed by atoms with E-state index in [0.717, 1.165) is 5.69 Å². The molecular weight excluding hydrogens is 286 g/mol. The average Bonchev–Trinajstić information content (AvgIpc) is 2.52. The van der Waals surface area contributed by atoms with Gasteiger partial charge in [-0.1, -0.05) is 12.1 Å². The van der Waals surface area contributed by atoms with E-state index >= 15 is 0 Å². The second-order valence-corrected chi connectivity index (χ2v) is 5.18. The molecule has 2 aromatic carbocycles. The van der Waals surface area contributed by atoms with E-state index in [1.165, 1.54) is 11.0 Å². The molecule has 0 atom stereocenters. The van der Waals surface area contributed by atoms with Crippen molar-refractivity contribution < 1.29 is 14.6 Å². The van der Waals surface area contributed by atoms with Crippen molar-refractivity contribution in [1.82, 2.24) is 0 Å². The van der Waals surface area contributed by atoms with Crippen LogP contribution in [0.1, 0.15) is 10.4 Å². The molecule has 0 heterocycles. The van der Waals surface area contributed by atoms with Crippen molar-refractivity contribution in [3.8, 4) is 5.75 Å². The number of benzene rings is 2. The van der Waals surface area contributed by atoms with E-state index in [4.69, 9.17) is 9.84 Å². The molecule has 110 valence electrons. The summed E-state index contributed by atoms with van der Waals surface area (Å²) in [6.45, 7) is 1.00. The van der Waals surface area contributed by atoms with Gasteiger partial charge in [-0.05, 0) is 42.7 Å². The van der Waals surface area contributed by atoms with Gasteiger partial charge in [-0.3, -0.25) is 0 Å². The number of carbonyl (C=O) groups is 1. The van der Waals surface area contributed by atoms with Gasteiger partial charge in [0.25, 0.3) is 0 Å². The number of thioether (sulfide) groups is 1. The van der Waals surface area contributed by atoms with Crippen LogP contribution in [0.5, 0.6) is 5.75 Å². The van der Waals surface area contributed by atoms with Gasteiger partial charge in [0, 0.05) is 17.1 Å². The zero-order chi connectivity index (χ0) is 15.1. The van der Waals surface area contributed by atoms with Gasteiger partial charge < -0.3 is 15.2 Å². The van der Waals surface area contributed by atoms with Crippen molar-refractivity contribution in [2.45, 2.75) is 4.90 Å². The van der Waals surface area contributed by atoms with Crippen LogP contribution >= 0.6 is 11.8 Å². The first kappa shape index (κ1) is 15.3. The monoisotopic (exact) mass is 303 g/mol. The van der Waals surface area contributed by atoms with E-state index in [2.05, 4.69) is 5.32 Å². The predicted octanol–water partition coefficient (Wildman–Crippen LogP) is 3.60. The van der Waals surface area contributed by atoms with E-state index in [0.29, 0.717) is 18.9 Å². The summed E-state index contributed by atoms with van der Waals surface area (Å²) in [6.07, 6.45) is 2.04. The lowest BCUT2D eigenvalue weighted by atomic mass is 10.2. The molecule has 0 fully saturated rings. The topological polar surface area (TPSA) is 58.6 Å². The largest absolute Gasteiger partial charge is 0.491 e. The minimum atomic E-state index is -0.980. The molecule has 2 rings (SSSR count). The molecule has 2 aromatic rings. The van der Waals surface area contributed by atoms with Crippen LogP contribution in [0.2, 0.25) is 0 Å². The van der Waals surface area contributed by atoms with Crippen LogP contribution in [0.3, 0.4) is 0 Å². The Morgan fingerprint density at radius 2 is 1.90 bits per heavy atom. The highest BCUT2D eigenvalue weighted by Gasteiger charge is 2.09. The fraction of sp³-hybridized carbons (Fsp3) is 0.188. The van der Waals surface area contributed by atoms with Crippen LogP contribution in [0.4, 0.5) is 5.69 Å². The number of carboxylic acids is 1. The van der Waals surface area contributed by atoms with Crippen LogP contribution in [-0.2, 0) is 0 Å². The Labute approximate surface area is 128 Å². The lowest BCUT2D eigenvalue weighted by Gasteiger charge is -2.10. The second kappa shape index (κ2) is 7.59. The Hall–Kier alpha value is -2.14. The van der Waals surface area contributed by atoms with E-state index in [-0.39, 0.29) is 5.56 Å². The number of nitrogens with one attached hydrogen (secondary N) is 1. The lowest BCUT2D eigenvalue weighted by Crippen LogP contribution is -2.13. The summed E-state index contributed by atoms with van der Waals surface area (Å²) in [5.74, 6) is -0.587. The maximum atomic E-state index is 11.0. The lowest BCUT2D eigenvalue weighted by molar-refractivity contribution is 0.0692. The first-order chi connectivity index (χ1) is 10.2. The highest BCUT2D eigenvalue weighted by atomic mass is 32.2. The van der Waals surface area contributed by atoms with Gasteiger partial charge in [-0.25, -0.2) is 4.79 Å². The molecule has 0 amide bonds. The summed E-state index contributed by atoms with van der Waals surface area (Å²) in [5, 5.41) is 12.3. The predicted molar refractivity (Wildman–Crippen MR) is 85.6 cm³/mol. The molecular formula is C16H17NO3S. The molecule has 0 aliphatic heterocycles. The highest BCUT2D eigenvalue weighted by molar-refractivity contribution is 7.98. The van der Waals surface area contributed by atoms with Crippen molar-refractivity contribution in [1.29, 1.82) is 0 Å². The molecule has 5 heteroatoms. The molecule has 4 nitrogen and oxygen atoms in total.